The highest BCUT2D eigenvalue weighted by Crippen LogP contribution is 2.19. The van der Waals surface area contributed by atoms with E-state index in [4.69, 9.17) is 16.1 Å². The Bertz CT molecular complexity index is 1060. The van der Waals surface area contributed by atoms with Crippen molar-refractivity contribution in [3.8, 4) is 0 Å². The van der Waals surface area contributed by atoms with Crippen LogP contribution in [-0.2, 0) is 20.0 Å². The Kier molecular flexibility index (Phi) is 4.01. The maximum absolute atomic E-state index is 7.48. The first-order chi connectivity index (χ1) is 12.6. The van der Waals surface area contributed by atoms with Crippen molar-refractivity contribution >= 4 is 16.9 Å². The van der Waals surface area contributed by atoms with Crippen LogP contribution in [0, 0.1) is 5.41 Å². The van der Waals surface area contributed by atoms with Gasteiger partial charge in [-0.1, -0.05) is 30.3 Å². The van der Waals surface area contributed by atoms with E-state index in [1.54, 1.807) is 6.20 Å². The lowest BCUT2D eigenvalue weighted by Gasteiger charge is -2.05. The number of imidazole rings is 2. The van der Waals surface area contributed by atoms with Crippen LogP contribution < -0.4 is 5.73 Å². The van der Waals surface area contributed by atoms with E-state index in [9.17, 15) is 0 Å². The lowest BCUT2D eigenvalue weighted by molar-refractivity contribution is 0.798. The molecule has 2 aromatic heterocycles. The largest absolute Gasteiger partial charge is 0.384 e. The number of nitrogens with two attached hydrogens (primary N) is 1. The van der Waals surface area contributed by atoms with Crippen LogP contribution >= 0.6 is 0 Å². The third-order valence-electron chi connectivity index (χ3n) is 4.59. The molecule has 0 radical (unpaired) electrons. The van der Waals surface area contributed by atoms with Crippen molar-refractivity contribution in [3.63, 3.8) is 0 Å². The van der Waals surface area contributed by atoms with Crippen LogP contribution in [0.5, 0.6) is 0 Å². The highest BCUT2D eigenvalue weighted by Gasteiger charge is 2.10. The molecule has 2 heterocycles. The number of fused-ring (bicyclic) bond motifs is 1. The Labute approximate surface area is 151 Å². The summed E-state index contributed by atoms with van der Waals surface area (Å²) in [5.41, 5.74) is 10.7. The molecule has 0 atom stereocenters. The smallest absolute Gasteiger partial charge is 0.122 e. The van der Waals surface area contributed by atoms with Gasteiger partial charge in [0.2, 0.25) is 0 Å². The van der Waals surface area contributed by atoms with Crippen LogP contribution in [-0.4, -0.2) is 24.9 Å². The maximum atomic E-state index is 7.48. The number of nitrogens with zero attached hydrogens (tertiary/aromatic N) is 4. The minimum atomic E-state index is 0.0877. The van der Waals surface area contributed by atoms with Crippen molar-refractivity contribution in [1.82, 2.24) is 19.1 Å². The van der Waals surface area contributed by atoms with Crippen molar-refractivity contribution < 1.29 is 0 Å². The van der Waals surface area contributed by atoms with Crippen LogP contribution in [0.3, 0.4) is 0 Å². The molecular weight excluding hydrogens is 324 g/mol. The summed E-state index contributed by atoms with van der Waals surface area (Å²) in [6, 6.07) is 14.2. The topological polar surface area (TPSA) is 85.5 Å². The van der Waals surface area contributed by atoms with Gasteiger partial charge in [0.15, 0.2) is 0 Å². The SMILES string of the molecule is Cn1c(Cc2ccc(C(=N)N)cc2)nc2cc(Cn3ccnc3)ccc21. The molecule has 0 saturated heterocycles. The van der Waals surface area contributed by atoms with E-state index in [-0.39, 0.29) is 5.84 Å². The number of rotatable bonds is 5. The Morgan fingerprint density at radius 1 is 1.12 bits per heavy atom. The molecule has 0 bridgehead atoms. The van der Waals surface area contributed by atoms with Crippen LogP contribution in [0.15, 0.2) is 61.2 Å². The number of benzene rings is 2. The molecule has 4 aromatic rings. The van der Waals surface area contributed by atoms with Crippen LogP contribution in [0.25, 0.3) is 11.0 Å². The quantitative estimate of drug-likeness (QED) is 0.431. The second kappa shape index (κ2) is 6.48. The van der Waals surface area contributed by atoms with Crippen LogP contribution in [0.1, 0.15) is 22.5 Å². The molecule has 0 spiro atoms. The van der Waals surface area contributed by atoms with Crippen molar-refractivity contribution in [2.45, 2.75) is 13.0 Å². The molecule has 2 aromatic carbocycles. The van der Waals surface area contributed by atoms with Gasteiger partial charge in [-0.15, -0.1) is 0 Å². The molecule has 4 rings (SSSR count). The van der Waals surface area contributed by atoms with Crippen molar-refractivity contribution in [1.29, 1.82) is 5.41 Å². The van der Waals surface area contributed by atoms with E-state index in [2.05, 4.69) is 27.8 Å². The highest BCUT2D eigenvalue weighted by atomic mass is 15.1. The molecule has 6 heteroatoms. The summed E-state index contributed by atoms with van der Waals surface area (Å²) in [5.74, 6) is 1.10. The van der Waals surface area contributed by atoms with E-state index >= 15 is 0 Å². The molecule has 0 fully saturated rings. The first-order valence-corrected chi connectivity index (χ1v) is 8.43. The van der Waals surface area contributed by atoms with Crippen LogP contribution in [0.2, 0.25) is 0 Å². The van der Waals surface area contributed by atoms with E-state index in [1.165, 1.54) is 5.56 Å². The third kappa shape index (κ3) is 3.09. The van der Waals surface area contributed by atoms with Gasteiger partial charge in [0.25, 0.3) is 0 Å². The van der Waals surface area contributed by atoms with Crippen LogP contribution in [0.4, 0.5) is 0 Å². The standard InChI is InChI=1S/C20H20N6/c1-25-18-7-4-15(12-26-9-8-23-13-26)10-17(18)24-19(25)11-14-2-5-16(6-3-14)20(21)22/h2-10,13H,11-12H2,1H3,(H3,21,22). The number of aryl methyl sites for hydroxylation is 1. The lowest BCUT2D eigenvalue weighted by atomic mass is 10.1. The third-order valence-corrected chi connectivity index (χ3v) is 4.59. The van der Waals surface area contributed by atoms with E-state index < -0.39 is 0 Å². The highest BCUT2D eigenvalue weighted by molar-refractivity contribution is 5.94. The van der Waals surface area contributed by atoms with Crippen molar-refractivity contribution in [3.05, 3.63) is 83.7 Å². The predicted molar refractivity (Wildman–Crippen MR) is 102 cm³/mol. The monoisotopic (exact) mass is 344 g/mol. The van der Waals surface area contributed by atoms with Gasteiger partial charge < -0.3 is 14.9 Å². The normalized spacial score (nSPS) is 11.1. The molecule has 0 unspecified atom stereocenters. The summed E-state index contributed by atoms with van der Waals surface area (Å²) >= 11 is 0. The molecule has 6 nitrogen and oxygen atoms in total. The fraction of sp³-hybridized carbons (Fsp3) is 0.150. The molecule has 3 N–H and O–H groups in total. The minimum absolute atomic E-state index is 0.0877. The minimum Gasteiger partial charge on any atom is -0.384 e. The average molecular weight is 344 g/mol. The first kappa shape index (κ1) is 16.1. The average Bonchev–Trinajstić information content (AvgIpc) is 3.24. The van der Waals surface area contributed by atoms with Gasteiger partial charge in [-0.25, -0.2) is 9.97 Å². The molecule has 130 valence electrons. The molecule has 0 saturated carbocycles. The second-order valence-corrected chi connectivity index (χ2v) is 6.43. The van der Waals surface area contributed by atoms with Crippen molar-refractivity contribution in [2.24, 2.45) is 12.8 Å². The van der Waals surface area contributed by atoms with Gasteiger partial charge in [0, 0.05) is 38.0 Å². The zero-order chi connectivity index (χ0) is 18.1. The molecule has 26 heavy (non-hydrogen) atoms. The van der Waals surface area contributed by atoms with Gasteiger partial charge in [-0.2, -0.15) is 0 Å². The summed E-state index contributed by atoms with van der Waals surface area (Å²) in [5, 5.41) is 7.48. The number of nitrogen functional groups attached to an aromatic ring is 1. The Morgan fingerprint density at radius 3 is 2.58 bits per heavy atom. The fourth-order valence-corrected chi connectivity index (χ4v) is 3.13. The predicted octanol–water partition coefficient (Wildman–Crippen LogP) is 2.69. The number of hydrogen-bond donors (Lipinski definition) is 2. The molecular formula is C20H20N6. The molecule has 0 amide bonds. The zero-order valence-corrected chi connectivity index (χ0v) is 14.6. The number of amidine groups is 1. The maximum Gasteiger partial charge on any atom is 0.122 e. The lowest BCUT2D eigenvalue weighted by Crippen LogP contribution is -2.10. The van der Waals surface area contributed by atoms with Gasteiger partial charge in [-0.05, 0) is 23.3 Å². The first-order valence-electron chi connectivity index (χ1n) is 8.43. The van der Waals surface area contributed by atoms with Gasteiger partial charge >= 0.3 is 0 Å². The van der Waals surface area contributed by atoms with E-state index in [1.807, 2.05) is 48.4 Å². The molecule has 0 aliphatic rings. The summed E-state index contributed by atoms with van der Waals surface area (Å²) in [4.78, 5) is 8.91. The molecule has 0 aliphatic carbocycles. The van der Waals surface area contributed by atoms with E-state index in [0.717, 1.165) is 41.0 Å². The summed E-state index contributed by atoms with van der Waals surface area (Å²) < 4.78 is 4.18. The Hall–Kier alpha value is -3.41. The summed E-state index contributed by atoms with van der Waals surface area (Å²) in [6.07, 6.45) is 6.30. The fourth-order valence-electron chi connectivity index (χ4n) is 3.13. The number of aromatic nitrogens is 4. The number of nitrogens with one attached hydrogen (secondary N) is 1. The van der Waals surface area contributed by atoms with Gasteiger partial charge in [0.05, 0.1) is 17.4 Å². The van der Waals surface area contributed by atoms with Gasteiger partial charge in [-0.3, -0.25) is 5.41 Å². The second-order valence-electron chi connectivity index (χ2n) is 6.43. The molecule has 0 aliphatic heterocycles. The zero-order valence-electron chi connectivity index (χ0n) is 14.6. The summed E-state index contributed by atoms with van der Waals surface area (Å²) in [6.45, 7) is 0.786. The Balaban J connectivity index is 1.61. The van der Waals surface area contributed by atoms with E-state index in [0.29, 0.717) is 0 Å². The number of hydrogen-bond acceptors (Lipinski definition) is 3. The Morgan fingerprint density at radius 2 is 1.88 bits per heavy atom. The summed E-state index contributed by atoms with van der Waals surface area (Å²) in [7, 11) is 2.05. The van der Waals surface area contributed by atoms with Gasteiger partial charge in [0.1, 0.15) is 11.7 Å². The van der Waals surface area contributed by atoms with Crippen molar-refractivity contribution in [2.75, 3.05) is 0 Å².